The zero-order chi connectivity index (χ0) is 14.6. The Morgan fingerprint density at radius 3 is 2.45 bits per heavy atom. The molecule has 2 heteroatoms. The number of benzene rings is 1. The second kappa shape index (κ2) is 10.7. The molecule has 0 bridgehead atoms. The van der Waals surface area contributed by atoms with Crippen LogP contribution in [0.3, 0.4) is 0 Å². The Morgan fingerprint density at radius 1 is 1.05 bits per heavy atom. The van der Waals surface area contributed by atoms with E-state index in [2.05, 4.69) is 26.1 Å². The topological polar surface area (TPSA) is 21.3 Å². The van der Waals surface area contributed by atoms with Crippen LogP contribution in [0.5, 0.6) is 5.75 Å². The van der Waals surface area contributed by atoms with E-state index in [1.165, 1.54) is 25.7 Å². The quantitative estimate of drug-likeness (QED) is 0.635. The van der Waals surface area contributed by atoms with Crippen molar-refractivity contribution in [2.45, 2.75) is 58.9 Å². The molecule has 1 aromatic carbocycles. The first-order valence-electron chi connectivity index (χ1n) is 8.17. The van der Waals surface area contributed by atoms with Crippen LogP contribution in [0.4, 0.5) is 0 Å². The number of para-hydroxylation sites is 1. The summed E-state index contributed by atoms with van der Waals surface area (Å²) in [6.07, 6.45) is 6.14. The highest BCUT2D eigenvalue weighted by atomic mass is 16.5. The highest BCUT2D eigenvalue weighted by Crippen LogP contribution is 2.15. The van der Waals surface area contributed by atoms with Gasteiger partial charge in [0.05, 0.1) is 6.61 Å². The van der Waals surface area contributed by atoms with Gasteiger partial charge in [0.2, 0.25) is 0 Å². The van der Waals surface area contributed by atoms with Gasteiger partial charge in [0, 0.05) is 6.04 Å². The summed E-state index contributed by atoms with van der Waals surface area (Å²) < 4.78 is 5.82. The molecule has 0 aliphatic carbocycles. The zero-order valence-corrected chi connectivity index (χ0v) is 13.4. The molecule has 1 rings (SSSR count). The molecule has 0 aliphatic heterocycles. The summed E-state index contributed by atoms with van der Waals surface area (Å²) in [5, 5.41) is 3.67. The summed E-state index contributed by atoms with van der Waals surface area (Å²) >= 11 is 0. The van der Waals surface area contributed by atoms with Crippen LogP contribution in [0.25, 0.3) is 0 Å². The first-order valence-corrected chi connectivity index (χ1v) is 8.17. The molecule has 0 fully saturated rings. The third-order valence-electron chi connectivity index (χ3n) is 3.63. The predicted molar refractivity (Wildman–Crippen MR) is 87.3 cm³/mol. The summed E-state index contributed by atoms with van der Waals surface area (Å²) in [6.45, 7) is 8.75. The van der Waals surface area contributed by atoms with Crippen molar-refractivity contribution in [2.75, 3.05) is 13.2 Å². The Balaban J connectivity index is 2.31. The molecule has 0 saturated heterocycles. The minimum Gasteiger partial charge on any atom is -0.494 e. The monoisotopic (exact) mass is 277 g/mol. The van der Waals surface area contributed by atoms with E-state index in [0.29, 0.717) is 6.04 Å². The number of rotatable bonds is 11. The molecule has 0 saturated carbocycles. The Bertz CT molecular complexity index is 325. The molecule has 114 valence electrons. The van der Waals surface area contributed by atoms with Crippen LogP contribution in [0.1, 0.15) is 52.9 Å². The molecule has 0 radical (unpaired) electrons. The molecule has 0 amide bonds. The van der Waals surface area contributed by atoms with E-state index in [0.717, 1.165) is 31.2 Å². The van der Waals surface area contributed by atoms with Gasteiger partial charge in [-0.3, -0.25) is 0 Å². The van der Waals surface area contributed by atoms with Gasteiger partial charge in [-0.15, -0.1) is 0 Å². The van der Waals surface area contributed by atoms with E-state index in [4.69, 9.17) is 4.74 Å². The summed E-state index contributed by atoms with van der Waals surface area (Å²) in [4.78, 5) is 0. The van der Waals surface area contributed by atoms with Gasteiger partial charge in [0.15, 0.2) is 0 Å². The van der Waals surface area contributed by atoms with Crippen molar-refractivity contribution >= 4 is 0 Å². The van der Waals surface area contributed by atoms with Crippen LogP contribution in [-0.2, 0) is 0 Å². The first-order chi connectivity index (χ1) is 9.76. The summed E-state index contributed by atoms with van der Waals surface area (Å²) in [5.74, 6) is 1.77. The van der Waals surface area contributed by atoms with Crippen LogP contribution in [-0.4, -0.2) is 19.2 Å². The number of ether oxygens (including phenoxy) is 1. The van der Waals surface area contributed by atoms with Gasteiger partial charge in [-0.05, 0) is 43.9 Å². The second-order valence-corrected chi connectivity index (χ2v) is 5.73. The van der Waals surface area contributed by atoms with Crippen LogP contribution in [0.2, 0.25) is 0 Å². The van der Waals surface area contributed by atoms with Gasteiger partial charge in [0.1, 0.15) is 5.75 Å². The minimum atomic E-state index is 0.584. The smallest absolute Gasteiger partial charge is 0.119 e. The van der Waals surface area contributed by atoms with Crippen LogP contribution in [0.15, 0.2) is 30.3 Å². The third kappa shape index (κ3) is 7.54. The van der Waals surface area contributed by atoms with Crippen LogP contribution >= 0.6 is 0 Å². The van der Waals surface area contributed by atoms with E-state index >= 15 is 0 Å². The maximum absolute atomic E-state index is 5.82. The highest BCUT2D eigenvalue weighted by Gasteiger charge is 2.12. The summed E-state index contributed by atoms with van der Waals surface area (Å²) in [6, 6.07) is 10.7. The maximum atomic E-state index is 5.82. The molecule has 20 heavy (non-hydrogen) atoms. The van der Waals surface area contributed by atoms with Gasteiger partial charge in [0.25, 0.3) is 0 Å². The van der Waals surface area contributed by atoms with Crippen molar-refractivity contribution in [2.24, 2.45) is 5.92 Å². The number of hydrogen-bond acceptors (Lipinski definition) is 2. The minimum absolute atomic E-state index is 0.584. The average Bonchev–Trinajstić information content (AvgIpc) is 2.46. The Morgan fingerprint density at radius 2 is 1.80 bits per heavy atom. The van der Waals surface area contributed by atoms with E-state index in [1.807, 2.05) is 30.3 Å². The SMILES string of the molecule is CCCNC(CCOc1ccccc1)CC(C)CCC. The van der Waals surface area contributed by atoms with E-state index in [-0.39, 0.29) is 0 Å². The van der Waals surface area contributed by atoms with Crippen molar-refractivity contribution in [1.82, 2.24) is 5.32 Å². The molecule has 0 aliphatic rings. The van der Waals surface area contributed by atoms with Crippen LogP contribution in [0, 0.1) is 5.92 Å². The van der Waals surface area contributed by atoms with Crippen molar-refractivity contribution in [3.63, 3.8) is 0 Å². The standard InChI is InChI=1S/C18H31NO/c1-4-9-16(3)15-17(19-13-5-2)12-14-20-18-10-7-6-8-11-18/h6-8,10-11,16-17,19H,4-5,9,12-15H2,1-3H3. The van der Waals surface area contributed by atoms with E-state index in [1.54, 1.807) is 0 Å². The summed E-state index contributed by atoms with van der Waals surface area (Å²) in [5.41, 5.74) is 0. The van der Waals surface area contributed by atoms with Gasteiger partial charge in [-0.2, -0.15) is 0 Å². The molecular weight excluding hydrogens is 246 g/mol. The second-order valence-electron chi connectivity index (χ2n) is 5.73. The van der Waals surface area contributed by atoms with Gasteiger partial charge in [-0.25, -0.2) is 0 Å². The maximum Gasteiger partial charge on any atom is 0.119 e. The van der Waals surface area contributed by atoms with Gasteiger partial charge >= 0.3 is 0 Å². The predicted octanol–water partition coefficient (Wildman–Crippen LogP) is 4.65. The molecule has 2 atom stereocenters. The van der Waals surface area contributed by atoms with Gasteiger partial charge in [-0.1, -0.05) is 51.8 Å². The lowest BCUT2D eigenvalue weighted by molar-refractivity contribution is 0.267. The molecule has 1 aromatic rings. The highest BCUT2D eigenvalue weighted by molar-refractivity contribution is 5.20. The summed E-state index contributed by atoms with van der Waals surface area (Å²) in [7, 11) is 0. The average molecular weight is 277 g/mol. The van der Waals surface area contributed by atoms with Crippen molar-refractivity contribution in [3.8, 4) is 5.75 Å². The lowest BCUT2D eigenvalue weighted by Gasteiger charge is -2.22. The fourth-order valence-corrected chi connectivity index (χ4v) is 2.58. The molecule has 0 heterocycles. The van der Waals surface area contributed by atoms with Gasteiger partial charge < -0.3 is 10.1 Å². The molecular formula is C18H31NO. The zero-order valence-electron chi connectivity index (χ0n) is 13.4. The molecule has 1 N–H and O–H groups in total. The fourth-order valence-electron chi connectivity index (χ4n) is 2.58. The van der Waals surface area contributed by atoms with Crippen molar-refractivity contribution in [1.29, 1.82) is 0 Å². The first kappa shape index (κ1) is 17.0. The molecule has 0 aromatic heterocycles. The molecule has 2 unspecified atom stereocenters. The lowest BCUT2D eigenvalue weighted by atomic mass is 9.95. The third-order valence-corrected chi connectivity index (χ3v) is 3.63. The van der Waals surface area contributed by atoms with Crippen LogP contribution < -0.4 is 10.1 Å². The Kier molecular flexibility index (Phi) is 9.14. The van der Waals surface area contributed by atoms with Crippen molar-refractivity contribution in [3.05, 3.63) is 30.3 Å². The van der Waals surface area contributed by atoms with Crippen molar-refractivity contribution < 1.29 is 4.74 Å². The fraction of sp³-hybridized carbons (Fsp3) is 0.667. The molecule has 2 nitrogen and oxygen atoms in total. The Hall–Kier alpha value is -1.02. The largest absolute Gasteiger partial charge is 0.494 e. The van der Waals surface area contributed by atoms with E-state index in [9.17, 15) is 0 Å². The number of hydrogen-bond donors (Lipinski definition) is 1. The normalized spacial score (nSPS) is 13.9. The van der Waals surface area contributed by atoms with E-state index < -0.39 is 0 Å². The number of nitrogens with one attached hydrogen (secondary N) is 1. The molecule has 0 spiro atoms. The Labute approximate surface area is 124 Å². The lowest BCUT2D eigenvalue weighted by Crippen LogP contribution is -2.33.